The predicted octanol–water partition coefficient (Wildman–Crippen LogP) is 4.05. The van der Waals surface area contributed by atoms with E-state index < -0.39 is 0 Å². The normalized spacial score (nSPS) is 17.0. The number of aromatic nitrogens is 3. The molecule has 21 heavy (non-hydrogen) atoms. The minimum absolute atomic E-state index is 0.0606. The summed E-state index contributed by atoms with van der Waals surface area (Å²) < 4.78 is 1.85. The smallest absolute Gasteiger partial charge is 0.226 e. The third kappa shape index (κ3) is 2.14. The number of hydrogen-bond acceptors (Lipinski definition) is 4. The molecule has 0 aliphatic carbocycles. The Hall–Kier alpha value is -2.11. The quantitative estimate of drug-likeness (QED) is 0.776. The van der Waals surface area contributed by atoms with Crippen LogP contribution in [0.2, 0.25) is 5.02 Å². The predicted molar refractivity (Wildman–Crippen MR) is 85.5 cm³/mol. The second kappa shape index (κ2) is 5.02. The fourth-order valence-corrected chi connectivity index (χ4v) is 3.40. The van der Waals surface area contributed by atoms with E-state index in [0.717, 1.165) is 22.2 Å². The maximum Gasteiger partial charge on any atom is 0.226 e. The maximum atomic E-state index is 6.36. The SMILES string of the molecule is Clc1ccccc1[C@H]1C=C(c2cccs2)Nc2ncnn21. The van der Waals surface area contributed by atoms with Crippen LogP contribution in [0.3, 0.4) is 0 Å². The molecule has 1 aromatic carbocycles. The van der Waals surface area contributed by atoms with Crippen molar-refractivity contribution in [2.45, 2.75) is 6.04 Å². The summed E-state index contributed by atoms with van der Waals surface area (Å²) in [5.41, 5.74) is 2.05. The molecular weight excluding hydrogens is 304 g/mol. The van der Waals surface area contributed by atoms with Gasteiger partial charge in [-0.05, 0) is 29.2 Å². The van der Waals surface area contributed by atoms with Crippen molar-refractivity contribution in [1.29, 1.82) is 0 Å². The lowest BCUT2D eigenvalue weighted by atomic mass is 10.0. The Kier molecular flexibility index (Phi) is 3.02. The largest absolute Gasteiger partial charge is 0.323 e. The van der Waals surface area contributed by atoms with E-state index in [0.29, 0.717) is 0 Å². The summed E-state index contributed by atoms with van der Waals surface area (Å²) in [5, 5.41) is 10.4. The molecule has 104 valence electrons. The molecule has 3 heterocycles. The highest BCUT2D eigenvalue weighted by Gasteiger charge is 2.24. The maximum absolute atomic E-state index is 6.36. The summed E-state index contributed by atoms with van der Waals surface area (Å²) in [4.78, 5) is 5.45. The van der Waals surface area contributed by atoms with Crippen LogP contribution in [-0.2, 0) is 0 Å². The topological polar surface area (TPSA) is 42.7 Å². The van der Waals surface area contributed by atoms with Crippen molar-refractivity contribution in [3.8, 4) is 0 Å². The van der Waals surface area contributed by atoms with Crippen LogP contribution in [-0.4, -0.2) is 14.8 Å². The molecule has 0 fully saturated rings. The second-order valence-corrected chi connectivity index (χ2v) is 6.03. The van der Waals surface area contributed by atoms with Crippen LogP contribution in [0.5, 0.6) is 0 Å². The van der Waals surface area contributed by atoms with Crippen LogP contribution in [0.4, 0.5) is 5.95 Å². The van der Waals surface area contributed by atoms with Gasteiger partial charge in [0.25, 0.3) is 0 Å². The average Bonchev–Trinajstić information content (AvgIpc) is 3.18. The fourth-order valence-electron chi connectivity index (χ4n) is 2.45. The number of anilines is 1. The third-order valence-corrected chi connectivity index (χ3v) is 4.67. The van der Waals surface area contributed by atoms with Crippen molar-refractivity contribution in [2.75, 3.05) is 5.32 Å². The first-order valence-electron chi connectivity index (χ1n) is 6.49. The number of fused-ring (bicyclic) bond motifs is 1. The van der Waals surface area contributed by atoms with Gasteiger partial charge in [0, 0.05) is 5.02 Å². The summed E-state index contributed by atoms with van der Waals surface area (Å²) in [6, 6.07) is 11.9. The Morgan fingerprint density at radius 3 is 2.90 bits per heavy atom. The molecule has 0 unspecified atom stereocenters. The van der Waals surface area contributed by atoms with Gasteiger partial charge in [0.1, 0.15) is 12.4 Å². The minimum atomic E-state index is -0.0606. The fraction of sp³-hybridized carbons (Fsp3) is 0.0667. The Labute approximate surface area is 130 Å². The van der Waals surface area contributed by atoms with E-state index in [1.165, 1.54) is 4.88 Å². The molecule has 1 atom stereocenters. The van der Waals surface area contributed by atoms with Crippen molar-refractivity contribution >= 4 is 34.6 Å². The van der Waals surface area contributed by atoms with Crippen LogP contribution in [0.15, 0.2) is 54.2 Å². The van der Waals surface area contributed by atoms with Gasteiger partial charge in [-0.2, -0.15) is 10.1 Å². The van der Waals surface area contributed by atoms with Crippen LogP contribution in [0.1, 0.15) is 16.5 Å². The molecule has 0 saturated carbocycles. The van der Waals surface area contributed by atoms with Crippen LogP contribution >= 0.6 is 22.9 Å². The molecule has 0 saturated heterocycles. The van der Waals surface area contributed by atoms with E-state index in [-0.39, 0.29) is 6.04 Å². The highest BCUT2D eigenvalue weighted by atomic mass is 35.5. The molecule has 2 aromatic heterocycles. The van der Waals surface area contributed by atoms with Crippen molar-refractivity contribution in [1.82, 2.24) is 14.8 Å². The number of nitrogens with one attached hydrogen (secondary N) is 1. The monoisotopic (exact) mass is 314 g/mol. The molecule has 0 bridgehead atoms. The number of halogens is 1. The molecule has 1 aliphatic rings. The van der Waals surface area contributed by atoms with E-state index in [2.05, 4.69) is 32.9 Å². The Bertz CT molecular complexity index is 807. The molecule has 0 radical (unpaired) electrons. The molecule has 6 heteroatoms. The highest BCUT2D eigenvalue weighted by Crippen LogP contribution is 2.35. The van der Waals surface area contributed by atoms with E-state index in [4.69, 9.17) is 11.6 Å². The first-order valence-corrected chi connectivity index (χ1v) is 7.75. The first kappa shape index (κ1) is 12.6. The van der Waals surface area contributed by atoms with Gasteiger partial charge in [-0.3, -0.25) is 0 Å². The molecule has 1 N–H and O–H groups in total. The van der Waals surface area contributed by atoms with Gasteiger partial charge in [-0.25, -0.2) is 4.68 Å². The lowest BCUT2D eigenvalue weighted by Gasteiger charge is -2.24. The Balaban J connectivity index is 1.87. The van der Waals surface area contributed by atoms with Gasteiger partial charge in [0.15, 0.2) is 0 Å². The number of benzene rings is 1. The zero-order valence-corrected chi connectivity index (χ0v) is 12.5. The molecule has 0 amide bonds. The number of nitrogens with zero attached hydrogens (tertiary/aromatic N) is 3. The summed E-state index contributed by atoms with van der Waals surface area (Å²) in [6.07, 6.45) is 3.69. The number of hydrogen-bond donors (Lipinski definition) is 1. The van der Waals surface area contributed by atoms with E-state index in [1.807, 2.05) is 35.0 Å². The van der Waals surface area contributed by atoms with Crippen molar-refractivity contribution in [3.05, 3.63) is 69.6 Å². The lowest BCUT2D eigenvalue weighted by molar-refractivity contribution is 0.612. The van der Waals surface area contributed by atoms with Gasteiger partial charge in [0.2, 0.25) is 5.95 Å². The summed E-state index contributed by atoms with van der Waals surface area (Å²) >= 11 is 8.04. The van der Waals surface area contributed by atoms with Crippen molar-refractivity contribution in [3.63, 3.8) is 0 Å². The third-order valence-electron chi connectivity index (χ3n) is 3.42. The number of allylic oxidation sites excluding steroid dienone is 1. The van der Waals surface area contributed by atoms with Crippen LogP contribution in [0, 0.1) is 0 Å². The molecule has 1 aliphatic heterocycles. The van der Waals surface area contributed by atoms with E-state index >= 15 is 0 Å². The number of rotatable bonds is 2. The molecule has 3 aromatic rings. The van der Waals surface area contributed by atoms with Crippen molar-refractivity contribution in [2.24, 2.45) is 0 Å². The zero-order valence-electron chi connectivity index (χ0n) is 10.9. The van der Waals surface area contributed by atoms with Crippen LogP contribution in [0.25, 0.3) is 5.70 Å². The van der Waals surface area contributed by atoms with Crippen LogP contribution < -0.4 is 5.32 Å². The molecule has 4 rings (SSSR count). The zero-order chi connectivity index (χ0) is 14.2. The standard InChI is InChI=1S/C15H11ClN4S/c16-11-5-2-1-4-10(11)13-8-12(14-6-3-7-21-14)19-15-17-9-18-20(13)15/h1-9,13H,(H,17,18,19)/t13-/m1/s1. The second-order valence-electron chi connectivity index (χ2n) is 4.68. The number of thiophene rings is 1. The molecule has 0 spiro atoms. The summed E-state index contributed by atoms with van der Waals surface area (Å²) in [6.45, 7) is 0. The van der Waals surface area contributed by atoms with Gasteiger partial charge in [-0.15, -0.1) is 11.3 Å². The minimum Gasteiger partial charge on any atom is -0.323 e. The van der Waals surface area contributed by atoms with E-state index in [9.17, 15) is 0 Å². The first-order chi connectivity index (χ1) is 10.3. The molecule has 4 nitrogen and oxygen atoms in total. The molecular formula is C15H11ClN4S. The highest BCUT2D eigenvalue weighted by molar-refractivity contribution is 7.11. The Morgan fingerprint density at radius 1 is 1.19 bits per heavy atom. The van der Waals surface area contributed by atoms with Gasteiger partial charge in [0.05, 0.1) is 10.6 Å². The van der Waals surface area contributed by atoms with E-state index in [1.54, 1.807) is 17.7 Å². The van der Waals surface area contributed by atoms with Gasteiger partial charge in [-0.1, -0.05) is 35.9 Å². The lowest BCUT2D eigenvalue weighted by Crippen LogP contribution is -2.20. The van der Waals surface area contributed by atoms with Gasteiger partial charge >= 0.3 is 0 Å². The summed E-state index contributed by atoms with van der Waals surface area (Å²) in [7, 11) is 0. The van der Waals surface area contributed by atoms with Crippen molar-refractivity contribution < 1.29 is 0 Å². The average molecular weight is 315 g/mol. The van der Waals surface area contributed by atoms with Gasteiger partial charge < -0.3 is 5.32 Å². The summed E-state index contributed by atoms with van der Waals surface area (Å²) in [5.74, 6) is 0.728. The Morgan fingerprint density at radius 2 is 2.10 bits per heavy atom.